The van der Waals surface area contributed by atoms with E-state index in [1.807, 2.05) is 72.8 Å². The molecule has 1 aliphatic heterocycles. The smallest absolute Gasteiger partial charge is 0.162 e. The van der Waals surface area contributed by atoms with Crippen molar-refractivity contribution in [2.24, 2.45) is 5.73 Å². The van der Waals surface area contributed by atoms with Gasteiger partial charge in [-0.2, -0.15) is 5.26 Å². The van der Waals surface area contributed by atoms with Gasteiger partial charge in [-0.3, -0.25) is 9.80 Å². The van der Waals surface area contributed by atoms with Crippen LogP contribution in [0, 0.1) is 11.3 Å². The Morgan fingerprint density at radius 3 is 2.32 bits per heavy atom. The van der Waals surface area contributed by atoms with Crippen molar-refractivity contribution >= 4 is 17.5 Å². The summed E-state index contributed by atoms with van der Waals surface area (Å²) < 4.78 is 0. The first-order valence-corrected chi connectivity index (χ1v) is 11.5. The van der Waals surface area contributed by atoms with E-state index < -0.39 is 5.92 Å². The highest BCUT2D eigenvalue weighted by Gasteiger charge is 2.43. The van der Waals surface area contributed by atoms with Crippen LogP contribution in [0.2, 0.25) is 0 Å². The average molecular weight is 431 g/mol. The summed E-state index contributed by atoms with van der Waals surface area (Å²) in [5.41, 5.74) is 10.6. The third-order valence-corrected chi connectivity index (χ3v) is 6.80. The minimum atomic E-state index is -0.434. The highest BCUT2D eigenvalue weighted by molar-refractivity contribution is 7.98. The standard InChI is InChI=1S/C25H26N4OS/c1-28(2)29-21-13-18(16-7-5-4-6-8-16)14-22(30)24(21)23(20(15-26)25(29)27)17-9-11-19(31-3)12-10-17/h4-12,18,23H,13-14,27H2,1-3H3/t18-,23-/m1/s1. The molecule has 0 amide bonds. The van der Waals surface area contributed by atoms with Gasteiger partial charge in [-0.25, -0.2) is 5.01 Å². The largest absolute Gasteiger partial charge is 0.383 e. The van der Waals surface area contributed by atoms with Crippen LogP contribution in [0.4, 0.5) is 0 Å². The first kappa shape index (κ1) is 21.2. The number of carbonyl (C=O) groups is 1. The molecule has 0 saturated heterocycles. The molecule has 2 aromatic carbocycles. The van der Waals surface area contributed by atoms with Gasteiger partial charge in [0.05, 0.1) is 17.6 Å². The molecule has 2 atom stereocenters. The van der Waals surface area contributed by atoms with Crippen LogP contribution in [0.15, 0.2) is 82.2 Å². The van der Waals surface area contributed by atoms with Crippen molar-refractivity contribution < 1.29 is 4.79 Å². The fourth-order valence-corrected chi connectivity index (χ4v) is 5.07. The van der Waals surface area contributed by atoms with Crippen LogP contribution in [0.25, 0.3) is 0 Å². The SMILES string of the molecule is CSc1ccc([C@@H]2C(C#N)=C(N)N(N(C)C)C3=C2C(=O)C[C@H](c2ccccc2)C3)cc1. The summed E-state index contributed by atoms with van der Waals surface area (Å²) in [5.74, 6) is 0.134. The highest BCUT2D eigenvalue weighted by Crippen LogP contribution is 2.48. The number of Topliss-reactive ketones (excluding diaryl/α,β-unsaturated/α-hetero) is 1. The normalized spacial score (nSPS) is 21.4. The van der Waals surface area contributed by atoms with Crippen molar-refractivity contribution in [1.82, 2.24) is 10.0 Å². The van der Waals surface area contributed by atoms with E-state index >= 15 is 0 Å². The number of ketones is 1. The lowest BCUT2D eigenvalue weighted by Gasteiger charge is -2.43. The third kappa shape index (κ3) is 3.76. The number of hydrazine groups is 1. The average Bonchev–Trinajstić information content (AvgIpc) is 2.78. The predicted octanol–water partition coefficient (Wildman–Crippen LogP) is 4.38. The summed E-state index contributed by atoms with van der Waals surface area (Å²) in [6, 6.07) is 20.5. The molecule has 0 radical (unpaired) electrons. The molecule has 4 rings (SSSR count). The molecule has 158 valence electrons. The first-order valence-electron chi connectivity index (χ1n) is 10.3. The number of thioether (sulfide) groups is 1. The van der Waals surface area contributed by atoms with Gasteiger partial charge in [0.25, 0.3) is 0 Å². The van der Waals surface area contributed by atoms with Gasteiger partial charge in [-0.15, -0.1) is 11.8 Å². The lowest BCUT2D eigenvalue weighted by Crippen LogP contribution is -2.46. The van der Waals surface area contributed by atoms with E-state index in [0.717, 1.165) is 21.7 Å². The number of carbonyl (C=O) groups excluding carboxylic acids is 1. The quantitative estimate of drug-likeness (QED) is 0.726. The van der Waals surface area contributed by atoms with Crippen molar-refractivity contribution in [1.29, 1.82) is 5.26 Å². The van der Waals surface area contributed by atoms with Gasteiger partial charge in [-0.05, 0) is 41.9 Å². The van der Waals surface area contributed by atoms with Gasteiger partial charge in [0.15, 0.2) is 5.78 Å². The Hall–Kier alpha value is -3.01. The Morgan fingerprint density at radius 1 is 1.06 bits per heavy atom. The molecule has 1 heterocycles. The molecular formula is C25H26N4OS. The van der Waals surface area contributed by atoms with Crippen LogP contribution in [0.5, 0.6) is 0 Å². The second kappa shape index (κ2) is 8.62. The zero-order valence-corrected chi connectivity index (χ0v) is 18.8. The molecule has 31 heavy (non-hydrogen) atoms. The predicted molar refractivity (Wildman–Crippen MR) is 124 cm³/mol. The first-order chi connectivity index (χ1) is 15.0. The van der Waals surface area contributed by atoms with Gasteiger partial charge in [0.2, 0.25) is 0 Å². The molecule has 6 heteroatoms. The second-order valence-electron chi connectivity index (χ2n) is 8.08. The van der Waals surface area contributed by atoms with Gasteiger partial charge in [0.1, 0.15) is 5.82 Å². The Balaban J connectivity index is 1.87. The lowest BCUT2D eigenvalue weighted by atomic mass is 9.72. The van der Waals surface area contributed by atoms with Gasteiger partial charge >= 0.3 is 0 Å². The molecule has 2 N–H and O–H groups in total. The summed E-state index contributed by atoms with van der Waals surface area (Å²) in [6.07, 6.45) is 3.16. The van der Waals surface area contributed by atoms with E-state index in [9.17, 15) is 10.1 Å². The van der Waals surface area contributed by atoms with E-state index in [-0.39, 0.29) is 11.7 Å². The van der Waals surface area contributed by atoms with Crippen LogP contribution in [-0.4, -0.2) is 36.2 Å². The number of hydrogen-bond donors (Lipinski definition) is 1. The molecule has 2 aromatic rings. The Kier molecular flexibility index (Phi) is 5.90. The monoisotopic (exact) mass is 430 g/mol. The Morgan fingerprint density at radius 2 is 1.74 bits per heavy atom. The van der Waals surface area contributed by atoms with Gasteiger partial charge < -0.3 is 5.73 Å². The van der Waals surface area contributed by atoms with E-state index in [4.69, 9.17) is 5.73 Å². The number of benzene rings is 2. The number of allylic oxidation sites excluding steroid dienone is 3. The molecule has 0 saturated carbocycles. The molecule has 0 bridgehead atoms. The molecular weight excluding hydrogens is 404 g/mol. The van der Waals surface area contributed by atoms with Crippen molar-refractivity contribution in [3.05, 3.63) is 88.4 Å². The molecule has 0 unspecified atom stereocenters. The van der Waals surface area contributed by atoms with Crippen molar-refractivity contribution in [2.75, 3.05) is 20.4 Å². The maximum Gasteiger partial charge on any atom is 0.162 e. The van der Waals surface area contributed by atoms with Gasteiger partial charge in [-0.1, -0.05) is 42.5 Å². The number of rotatable bonds is 4. The minimum absolute atomic E-state index is 0.0844. The van der Waals surface area contributed by atoms with E-state index in [1.54, 1.807) is 11.8 Å². The van der Waals surface area contributed by atoms with Crippen LogP contribution in [0.1, 0.15) is 35.8 Å². The Bertz CT molecular complexity index is 1100. The maximum atomic E-state index is 13.6. The van der Waals surface area contributed by atoms with Crippen LogP contribution >= 0.6 is 11.8 Å². The van der Waals surface area contributed by atoms with Gasteiger partial charge in [0, 0.05) is 36.7 Å². The number of nitrogens with two attached hydrogens (primary N) is 1. The number of nitrogens with zero attached hydrogens (tertiary/aromatic N) is 3. The van der Waals surface area contributed by atoms with Crippen molar-refractivity contribution in [3.8, 4) is 6.07 Å². The summed E-state index contributed by atoms with van der Waals surface area (Å²) in [4.78, 5) is 14.7. The van der Waals surface area contributed by atoms with Crippen molar-refractivity contribution in [2.45, 2.75) is 29.6 Å². The van der Waals surface area contributed by atoms with Crippen molar-refractivity contribution in [3.63, 3.8) is 0 Å². The van der Waals surface area contributed by atoms with E-state index in [1.165, 1.54) is 0 Å². The van der Waals surface area contributed by atoms with Crippen LogP contribution < -0.4 is 5.73 Å². The minimum Gasteiger partial charge on any atom is -0.383 e. The molecule has 0 aromatic heterocycles. The molecule has 5 nitrogen and oxygen atoms in total. The number of nitriles is 1. The topological polar surface area (TPSA) is 73.4 Å². The zero-order valence-electron chi connectivity index (χ0n) is 18.0. The van der Waals surface area contributed by atoms with E-state index in [2.05, 4.69) is 18.2 Å². The fraction of sp³-hybridized carbons (Fsp3) is 0.280. The summed E-state index contributed by atoms with van der Waals surface area (Å²) >= 11 is 1.66. The van der Waals surface area contributed by atoms with E-state index in [0.29, 0.717) is 29.8 Å². The summed E-state index contributed by atoms with van der Waals surface area (Å²) in [6.45, 7) is 0. The second-order valence-corrected chi connectivity index (χ2v) is 8.95. The number of hydrogen-bond acceptors (Lipinski definition) is 6. The summed E-state index contributed by atoms with van der Waals surface area (Å²) in [7, 11) is 3.77. The maximum absolute atomic E-state index is 13.6. The van der Waals surface area contributed by atoms with Crippen LogP contribution in [0.3, 0.4) is 0 Å². The zero-order chi connectivity index (χ0) is 22.1. The molecule has 0 fully saturated rings. The lowest BCUT2D eigenvalue weighted by molar-refractivity contribution is -0.117. The highest BCUT2D eigenvalue weighted by atomic mass is 32.2. The summed E-state index contributed by atoms with van der Waals surface area (Å²) in [5, 5.41) is 13.7. The molecule has 1 aliphatic carbocycles. The molecule has 0 spiro atoms. The molecule has 2 aliphatic rings. The third-order valence-electron chi connectivity index (χ3n) is 6.06. The Labute approximate surface area is 187 Å². The fourth-order valence-electron chi connectivity index (χ4n) is 4.66. The van der Waals surface area contributed by atoms with Crippen LogP contribution in [-0.2, 0) is 4.79 Å².